The molecule has 0 bridgehead atoms. The molecule has 0 aromatic carbocycles. The number of hydrogen-bond donors (Lipinski definition) is 2. The maximum absolute atomic E-state index is 12.6. The smallest absolute Gasteiger partial charge is 0.341 e. The third-order valence-corrected chi connectivity index (χ3v) is 5.83. The third-order valence-electron chi connectivity index (χ3n) is 4.62. The highest BCUT2D eigenvalue weighted by Crippen LogP contribution is 2.34. The van der Waals surface area contributed by atoms with Crippen LogP contribution in [0.3, 0.4) is 0 Å². The van der Waals surface area contributed by atoms with Gasteiger partial charge in [0.1, 0.15) is 5.00 Å². The van der Waals surface area contributed by atoms with Gasteiger partial charge in [0.2, 0.25) is 5.91 Å². The van der Waals surface area contributed by atoms with Crippen LogP contribution in [0.4, 0.5) is 5.00 Å². The highest BCUT2D eigenvalue weighted by atomic mass is 32.1. The Hall–Kier alpha value is -1.93. The van der Waals surface area contributed by atoms with E-state index in [2.05, 4.69) is 29.4 Å². The number of esters is 1. The summed E-state index contributed by atoms with van der Waals surface area (Å²) in [5.74, 6) is 0.103. The Morgan fingerprint density at radius 2 is 1.85 bits per heavy atom. The average Bonchev–Trinajstić information content (AvgIpc) is 2.89. The van der Waals surface area contributed by atoms with Crippen molar-refractivity contribution in [3.63, 3.8) is 0 Å². The molecule has 0 radical (unpaired) electrons. The lowest BCUT2D eigenvalue weighted by atomic mass is 9.92. The number of hydrogen-bond acceptors (Lipinski definition) is 6. The molecule has 1 saturated heterocycles. The second-order valence-corrected chi connectivity index (χ2v) is 8.27. The predicted molar refractivity (Wildman–Crippen MR) is 106 cm³/mol. The van der Waals surface area contributed by atoms with Gasteiger partial charge in [-0.05, 0) is 37.7 Å². The molecule has 8 heteroatoms. The maximum atomic E-state index is 12.6. The molecule has 2 N–H and O–H groups in total. The van der Waals surface area contributed by atoms with Gasteiger partial charge in [-0.1, -0.05) is 13.8 Å². The fraction of sp³-hybridized carbons (Fsp3) is 0.632. The van der Waals surface area contributed by atoms with E-state index >= 15 is 0 Å². The maximum Gasteiger partial charge on any atom is 0.341 e. The van der Waals surface area contributed by atoms with Crippen molar-refractivity contribution in [2.75, 3.05) is 38.6 Å². The van der Waals surface area contributed by atoms with Gasteiger partial charge in [-0.15, -0.1) is 11.3 Å². The average molecular weight is 396 g/mol. The van der Waals surface area contributed by atoms with Gasteiger partial charge in [-0.3, -0.25) is 14.5 Å². The van der Waals surface area contributed by atoms with Gasteiger partial charge in [0.05, 0.1) is 23.6 Å². The van der Waals surface area contributed by atoms with Crippen molar-refractivity contribution in [1.29, 1.82) is 0 Å². The highest BCUT2D eigenvalue weighted by Gasteiger charge is 2.28. The van der Waals surface area contributed by atoms with Crippen molar-refractivity contribution in [2.24, 2.45) is 11.8 Å². The Labute approximate surface area is 164 Å². The number of likely N-dealkylation sites (tertiary alicyclic amines) is 1. The molecule has 0 saturated carbocycles. The second kappa shape index (κ2) is 9.32. The minimum absolute atomic E-state index is 0.188. The summed E-state index contributed by atoms with van der Waals surface area (Å²) in [7, 11) is 1.53. The molecule has 0 aliphatic carbocycles. The highest BCUT2D eigenvalue weighted by molar-refractivity contribution is 7.18. The number of piperidine rings is 1. The number of carbonyl (C=O) groups excluding carboxylic acids is 3. The molecular formula is C19H29N3O4S. The summed E-state index contributed by atoms with van der Waals surface area (Å²) >= 11 is 1.10. The van der Waals surface area contributed by atoms with E-state index in [1.54, 1.807) is 13.8 Å². The van der Waals surface area contributed by atoms with Crippen LogP contribution in [0, 0.1) is 18.8 Å². The molecular weight excluding hydrogens is 366 g/mol. The molecule has 1 fully saturated rings. The molecule has 7 nitrogen and oxygen atoms in total. The fourth-order valence-corrected chi connectivity index (χ4v) is 4.83. The zero-order valence-electron chi connectivity index (χ0n) is 16.7. The first-order valence-electron chi connectivity index (χ1n) is 9.31. The van der Waals surface area contributed by atoms with E-state index in [1.807, 2.05) is 0 Å². The first kappa shape index (κ1) is 21.4. The van der Waals surface area contributed by atoms with Gasteiger partial charge in [-0.2, -0.15) is 0 Å². The lowest BCUT2D eigenvalue weighted by Gasteiger charge is -2.34. The molecule has 2 atom stereocenters. The van der Waals surface area contributed by atoms with E-state index in [1.165, 1.54) is 13.5 Å². The summed E-state index contributed by atoms with van der Waals surface area (Å²) in [6, 6.07) is 0. The van der Waals surface area contributed by atoms with Crippen molar-refractivity contribution < 1.29 is 19.1 Å². The molecule has 0 unspecified atom stereocenters. The monoisotopic (exact) mass is 395 g/mol. The minimum atomic E-state index is -0.531. The van der Waals surface area contributed by atoms with Crippen LogP contribution >= 0.6 is 11.3 Å². The predicted octanol–water partition coefficient (Wildman–Crippen LogP) is 2.51. The van der Waals surface area contributed by atoms with Gasteiger partial charge in [-0.25, -0.2) is 4.79 Å². The van der Waals surface area contributed by atoms with Crippen LogP contribution in [0.15, 0.2) is 0 Å². The molecule has 2 heterocycles. The van der Waals surface area contributed by atoms with E-state index in [0.717, 1.165) is 24.4 Å². The van der Waals surface area contributed by atoms with Gasteiger partial charge in [0, 0.05) is 20.1 Å². The van der Waals surface area contributed by atoms with Crippen LogP contribution in [0.5, 0.6) is 0 Å². The van der Waals surface area contributed by atoms with Gasteiger partial charge < -0.3 is 15.4 Å². The van der Waals surface area contributed by atoms with Crippen LogP contribution in [-0.4, -0.2) is 56.0 Å². The summed E-state index contributed by atoms with van der Waals surface area (Å²) in [5, 5.41) is 5.75. The molecule has 150 valence electrons. The molecule has 1 aliphatic rings. The summed E-state index contributed by atoms with van der Waals surface area (Å²) in [6.07, 6.45) is 1.17. The molecule has 27 heavy (non-hydrogen) atoms. The quantitative estimate of drug-likeness (QED) is 0.723. The van der Waals surface area contributed by atoms with Crippen LogP contribution in [0.1, 0.15) is 52.8 Å². The standard InChI is InChI=1S/C19H29N3O4S/c1-6-26-19(25)15-13(4)16(17(24)20-5)27-18(15)21-14(23)10-22-8-11(2)7-12(3)9-22/h11-12H,6-10H2,1-5H3,(H,20,24)(H,21,23)/t11-,12-/m0/s1. The van der Waals surface area contributed by atoms with Crippen LogP contribution < -0.4 is 10.6 Å². The molecule has 2 rings (SSSR count). The molecule has 0 spiro atoms. The Morgan fingerprint density at radius 1 is 1.22 bits per heavy atom. The molecule has 1 aliphatic heterocycles. The number of rotatable bonds is 6. The Bertz CT molecular complexity index is 706. The van der Waals surface area contributed by atoms with Gasteiger partial charge in [0.15, 0.2) is 0 Å². The van der Waals surface area contributed by atoms with E-state index in [4.69, 9.17) is 4.74 Å². The lowest BCUT2D eigenvalue weighted by molar-refractivity contribution is -0.117. The van der Waals surface area contributed by atoms with E-state index in [-0.39, 0.29) is 30.5 Å². The van der Waals surface area contributed by atoms with E-state index in [0.29, 0.717) is 27.3 Å². The lowest BCUT2D eigenvalue weighted by Crippen LogP contribution is -2.42. The summed E-state index contributed by atoms with van der Waals surface area (Å²) < 4.78 is 5.11. The van der Waals surface area contributed by atoms with Crippen molar-refractivity contribution in [3.8, 4) is 0 Å². The number of carbonyl (C=O) groups is 3. The number of ether oxygens (including phenoxy) is 1. The number of nitrogens with one attached hydrogen (secondary N) is 2. The van der Waals surface area contributed by atoms with Crippen LogP contribution in [0.2, 0.25) is 0 Å². The summed E-state index contributed by atoms with van der Waals surface area (Å²) in [6.45, 7) is 10.1. The summed E-state index contributed by atoms with van der Waals surface area (Å²) in [4.78, 5) is 39.6. The normalized spacial score (nSPS) is 20.2. The zero-order valence-corrected chi connectivity index (χ0v) is 17.5. The van der Waals surface area contributed by atoms with Gasteiger partial charge in [0.25, 0.3) is 5.91 Å². The molecule has 1 aromatic heterocycles. The first-order chi connectivity index (χ1) is 12.8. The van der Waals surface area contributed by atoms with Crippen molar-refractivity contribution in [2.45, 2.75) is 34.1 Å². The zero-order chi connectivity index (χ0) is 20.1. The molecule has 1 aromatic rings. The number of anilines is 1. The second-order valence-electron chi connectivity index (χ2n) is 7.25. The van der Waals surface area contributed by atoms with Crippen molar-refractivity contribution in [3.05, 3.63) is 16.0 Å². The van der Waals surface area contributed by atoms with Crippen LogP contribution in [-0.2, 0) is 9.53 Å². The topological polar surface area (TPSA) is 87.7 Å². The van der Waals surface area contributed by atoms with Crippen molar-refractivity contribution >= 4 is 34.1 Å². The van der Waals surface area contributed by atoms with Gasteiger partial charge >= 0.3 is 5.97 Å². The summed E-state index contributed by atoms with van der Waals surface area (Å²) in [5.41, 5.74) is 0.780. The third kappa shape index (κ3) is 5.29. The Kier molecular flexibility index (Phi) is 7.38. The first-order valence-corrected chi connectivity index (χ1v) is 10.1. The van der Waals surface area contributed by atoms with E-state index in [9.17, 15) is 14.4 Å². The number of thiophene rings is 1. The minimum Gasteiger partial charge on any atom is -0.462 e. The van der Waals surface area contributed by atoms with Crippen molar-refractivity contribution in [1.82, 2.24) is 10.2 Å². The largest absolute Gasteiger partial charge is 0.462 e. The number of amides is 2. The van der Waals surface area contributed by atoms with Crippen LogP contribution in [0.25, 0.3) is 0 Å². The SMILES string of the molecule is CCOC(=O)c1c(NC(=O)CN2C[C@@H](C)C[C@H](C)C2)sc(C(=O)NC)c1C. The fourth-order valence-electron chi connectivity index (χ4n) is 3.67. The Balaban J connectivity index is 2.19. The Morgan fingerprint density at radius 3 is 2.41 bits per heavy atom. The molecule has 2 amide bonds. The number of nitrogens with zero attached hydrogens (tertiary/aromatic N) is 1. The van der Waals surface area contributed by atoms with E-state index < -0.39 is 5.97 Å².